The number of amides is 2. The van der Waals surface area contributed by atoms with Crippen LogP contribution in [0.2, 0.25) is 0 Å². The van der Waals surface area contributed by atoms with Gasteiger partial charge < -0.3 is 25.2 Å². The Morgan fingerprint density at radius 1 is 1.12 bits per heavy atom. The van der Waals surface area contributed by atoms with E-state index >= 15 is 0 Å². The fourth-order valence-corrected chi connectivity index (χ4v) is 2.13. The van der Waals surface area contributed by atoms with Crippen molar-refractivity contribution < 1.29 is 29.0 Å². The van der Waals surface area contributed by atoms with Crippen LogP contribution in [0.5, 0.6) is 0 Å². The fourth-order valence-electron chi connectivity index (χ4n) is 2.13. The molecule has 0 rings (SSSR count). The number of ether oxygens (including phenoxy) is 2. The monoisotopic (exact) mass is 360 g/mol. The number of esters is 1. The highest BCUT2D eigenvalue weighted by Gasteiger charge is 2.31. The number of methoxy groups -OCH3 is 1. The van der Waals surface area contributed by atoms with Crippen molar-refractivity contribution in [2.75, 3.05) is 7.11 Å². The van der Waals surface area contributed by atoms with E-state index in [0.29, 0.717) is 12.8 Å². The van der Waals surface area contributed by atoms with Gasteiger partial charge in [-0.2, -0.15) is 0 Å². The van der Waals surface area contributed by atoms with Crippen molar-refractivity contribution >= 4 is 18.0 Å². The molecule has 0 spiro atoms. The van der Waals surface area contributed by atoms with Gasteiger partial charge in [0.15, 0.2) is 6.10 Å². The van der Waals surface area contributed by atoms with E-state index < -0.39 is 41.8 Å². The third-order valence-electron chi connectivity index (χ3n) is 3.31. The molecule has 8 nitrogen and oxygen atoms in total. The molecule has 0 saturated heterocycles. The van der Waals surface area contributed by atoms with Gasteiger partial charge in [0.1, 0.15) is 11.6 Å². The van der Waals surface area contributed by atoms with Crippen LogP contribution < -0.4 is 10.6 Å². The second-order valence-corrected chi connectivity index (χ2v) is 7.32. The second kappa shape index (κ2) is 10.2. The highest BCUT2D eigenvalue weighted by atomic mass is 16.6. The van der Waals surface area contributed by atoms with E-state index in [0.717, 1.165) is 7.11 Å². The number of hydrogen-bond donors (Lipinski definition) is 3. The molecule has 0 aromatic carbocycles. The molecular weight excluding hydrogens is 328 g/mol. The smallest absolute Gasteiger partial charge is 0.408 e. The van der Waals surface area contributed by atoms with E-state index in [-0.39, 0.29) is 5.92 Å². The first-order valence-corrected chi connectivity index (χ1v) is 8.47. The van der Waals surface area contributed by atoms with Crippen LogP contribution >= 0.6 is 0 Å². The molecular formula is C17H32N2O6. The van der Waals surface area contributed by atoms with Crippen molar-refractivity contribution in [1.29, 1.82) is 0 Å². The predicted molar refractivity (Wildman–Crippen MR) is 92.9 cm³/mol. The van der Waals surface area contributed by atoms with Gasteiger partial charge in [0.05, 0.1) is 13.2 Å². The predicted octanol–water partition coefficient (Wildman–Crippen LogP) is 1.35. The summed E-state index contributed by atoms with van der Waals surface area (Å²) in [5.41, 5.74) is -0.685. The quantitative estimate of drug-likeness (QED) is 0.563. The number of alkyl carbamates (subject to hydrolysis) is 1. The number of aliphatic hydroxyl groups is 1. The summed E-state index contributed by atoms with van der Waals surface area (Å²) in [5, 5.41) is 15.1. The van der Waals surface area contributed by atoms with Gasteiger partial charge in [-0.15, -0.1) is 0 Å². The third kappa shape index (κ3) is 9.28. The van der Waals surface area contributed by atoms with E-state index in [1.165, 1.54) is 0 Å². The summed E-state index contributed by atoms with van der Waals surface area (Å²) in [6.45, 7) is 10.7. The topological polar surface area (TPSA) is 114 Å². The minimum Gasteiger partial charge on any atom is -0.467 e. The summed E-state index contributed by atoms with van der Waals surface area (Å²) in [4.78, 5) is 35.9. The lowest BCUT2D eigenvalue weighted by atomic mass is 10.0. The second-order valence-electron chi connectivity index (χ2n) is 7.32. The van der Waals surface area contributed by atoms with Gasteiger partial charge in [-0.05, 0) is 39.5 Å². The number of carbonyl (C=O) groups excluding carboxylic acids is 3. The molecule has 0 aliphatic carbocycles. The Morgan fingerprint density at radius 2 is 1.68 bits per heavy atom. The van der Waals surface area contributed by atoms with E-state index in [1.54, 1.807) is 27.7 Å². The van der Waals surface area contributed by atoms with Crippen LogP contribution in [-0.2, 0) is 19.1 Å². The standard InChI is InChI=1S/C17H32N2O6/c1-8-11(13(20)15(22)24-7)18-14(21)12(9-10(2)3)19-16(23)25-17(4,5)6/h10-13,20H,8-9H2,1-7H3,(H,18,21)(H,19,23). The van der Waals surface area contributed by atoms with E-state index in [9.17, 15) is 19.5 Å². The number of nitrogens with one attached hydrogen (secondary N) is 2. The zero-order valence-corrected chi connectivity index (χ0v) is 16.2. The SMILES string of the molecule is CCC(NC(=O)C(CC(C)C)NC(=O)OC(C)(C)C)C(O)C(=O)OC. The summed E-state index contributed by atoms with van der Waals surface area (Å²) in [7, 11) is 1.16. The zero-order chi connectivity index (χ0) is 19.8. The first-order chi connectivity index (χ1) is 11.4. The van der Waals surface area contributed by atoms with Crippen molar-refractivity contribution in [1.82, 2.24) is 10.6 Å². The average Bonchev–Trinajstić information content (AvgIpc) is 2.47. The number of aliphatic hydroxyl groups excluding tert-OH is 1. The molecule has 0 heterocycles. The molecule has 2 amide bonds. The van der Waals surface area contributed by atoms with Crippen molar-refractivity contribution in [3.8, 4) is 0 Å². The van der Waals surface area contributed by atoms with Crippen LogP contribution in [0.25, 0.3) is 0 Å². The van der Waals surface area contributed by atoms with Crippen molar-refractivity contribution in [3.63, 3.8) is 0 Å². The first-order valence-electron chi connectivity index (χ1n) is 8.47. The minimum atomic E-state index is -1.47. The molecule has 0 fully saturated rings. The zero-order valence-electron chi connectivity index (χ0n) is 16.2. The Kier molecular flexibility index (Phi) is 9.48. The molecule has 3 N–H and O–H groups in total. The van der Waals surface area contributed by atoms with Gasteiger partial charge in [-0.1, -0.05) is 20.8 Å². The molecule has 0 aromatic rings. The Bertz CT molecular complexity index is 459. The minimum absolute atomic E-state index is 0.135. The van der Waals surface area contributed by atoms with Gasteiger partial charge in [0.2, 0.25) is 5.91 Å². The maximum absolute atomic E-state index is 12.5. The number of hydrogen-bond acceptors (Lipinski definition) is 6. The molecule has 146 valence electrons. The summed E-state index contributed by atoms with van der Waals surface area (Å²) < 4.78 is 9.67. The van der Waals surface area contributed by atoms with Gasteiger partial charge in [0.25, 0.3) is 0 Å². The number of rotatable bonds is 8. The summed E-state index contributed by atoms with van der Waals surface area (Å²) in [5.74, 6) is -1.18. The lowest BCUT2D eigenvalue weighted by molar-refractivity contribution is -0.152. The highest BCUT2D eigenvalue weighted by molar-refractivity contribution is 5.86. The molecule has 0 aliphatic heterocycles. The Balaban J connectivity index is 5.04. The largest absolute Gasteiger partial charge is 0.467 e. The molecule has 0 bridgehead atoms. The number of carbonyl (C=O) groups is 3. The Labute approximate surface area is 149 Å². The van der Waals surface area contributed by atoms with Crippen LogP contribution in [0.15, 0.2) is 0 Å². The van der Waals surface area contributed by atoms with Crippen LogP contribution in [0.3, 0.4) is 0 Å². The van der Waals surface area contributed by atoms with Crippen LogP contribution in [0.1, 0.15) is 54.4 Å². The van der Waals surface area contributed by atoms with Crippen molar-refractivity contribution in [3.05, 3.63) is 0 Å². The lowest BCUT2D eigenvalue weighted by Gasteiger charge is -2.27. The summed E-state index contributed by atoms with van der Waals surface area (Å²) >= 11 is 0. The van der Waals surface area contributed by atoms with Crippen LogP contribution in [0.4, 0.5) is 4.79 Å². The normalized spacial score (nSPS) is 15.1. The maximum atomic E-state index is 12.5. The summed E-state index contributed by atoms with van der Waals surface area (Å²) in [6, 6.07) is -1.65. The third-order valence-corrected chi connectivity index (χ3v) is 3.31. The fraction of sp³-hybridized carbons (Fsp3) is 0.824. The van der Waals surface area contributed by atoms with Crippen LogP contribution in [0, 0.1) is 5.92 Å². The van der Waals surface area contributed by atoms with E-state index in [2.05, 4.69) is 15.4 Å². The molecule has 0 radical (unpaired) electrons. The van der Waals surface area contributed by atoms with E-state index in [4.69, 9.17) is 4.74 Å². The molecule has 3 atom stereocenters. The lowest BCUT2D eigenvalue weighted by Crippen LogP contribution is -2.54. The average molecular weight is 360 g/mol. The van der Waals surface area contributed by atoms with Crippen molar-refractivity contribution in [2.45, 2.75) is 78.2 Å². The molecule has 3 unspecified atom stereocenters. The maximum Gasteiger partial charge on any atom is 0.408 e. The molecule has 0 aliphatic rings. The summed E-state index contributed by atoms with van der Waals surface area (Å²) in [6.07, 6.45) is -1.46. The van der Waals surface area contributed by atoms with Crippen molar-refractivity contribution in [2.24, 2.45) is 5.92 Å². The van der Waals surface area contributed by atoms with E-state index in [1.807, 2.05) is 13.8 Å². The van der Waals surface area contributed by atoms with Crippen LogP contribution in [-0.4, -0.2) is 54.0 Å². The highest BCUT2D eigenvalue weighted by Crippen LogP contribution is 2.10. The molecule has 8 heteroatoms. The molecule has 0 saturated carbocycles. The van der Waals surface area contributed by atoms with Gasteiger partial charge in [0, 0.05) is 0 Å². The molecule has 0 aromatic heterocycles. The first kappa shape index (κ1) is 23.2. The van der Waals surface area contributed by atoms with Gasteiger partial charge in [-0.25, -0.2) is 9.59 Å². The Hall–Kier alpha value is -1.83. The van der Waals surface area contributed by atoms with Gasteiger partial charge in [-0.3, -0.25) is 4.79 Å². The van der Waals surface area contributed by atoms with Gasteiger partial charge >= 0.3 is 12.1 Å². The molecule has 25 heavy (non-hydrogen) atoms. The Morgan fingerprint density at radius 3 is 2.08 bits per heavy atom.